The van der Waals surface area contributed by atoms with Crippen molar-refractivity contribution in [2.75, 3.05) is 34.2 Å². The molecular formula is C12H25N3O. The second-order valence-electron chi connectivity index (χ2n) is 5.63. The smallest absolute Gasteiger partial charge is 0.240 e. The zero-order valence-corrected chi connectivity index (χ0v) is 11.2. The van der Waals surface area contributed by atoms with Crippen LogP contribution in [0, 0.1) is 11.3 Å². The number of nitrogens with zero attached hydrogens (tertiary/aromatic N) is 2. The van der Waals surface area contributed by atoms with E-state index in [1.165, 1.54) is 0 Å². The number of likely N-dealkylation sites (tertiary alicyclic amines) is 1. The maximum Gasteiger partial charge on any atom is 0.240 e. The molecule has 1 rings (SSSR count). The molecule has 0 aliphatic carbocycles. The van der Waals surface area contributed by atoms with Crippen molar-refractivity contribution in [1.82, 2.24) is 15.3 Å². The Kier molecular flexibility index (Phi) is 4.33. The first-order valence-electron chi connectivity index (χ1n) is 6.01. The molecule has 4 heteroatoms. The van der Waals surface area contributed by atoms with Gasteiger partial charge < -0.3 is 4.90 Å². The highest BCUT2D eigenvalue weighted by Gasteiger charge is 2.38. The molecule has 1 amide bonds. The van der Waals surface area contributed by atoms with Crippen LogP contribution in [0.1, 0.15) is 26.7 Å². The van der Waals surface area contributed by atoms with Gasteiger partial charge in [0.05, 0.1) is 0 Å². The number of piperidine rings is 1. The summed E-state index contributed by atoms with van der Waals surface area (Å²) in [6.45, 7) is 6.32. The van der Waals surface area contributed by atoms with E-state index in [9.17, 15) is 4.79 Å². The molecular weight excluding hydrogens is 202 g/mol. The van der Waals surface area contributed by atoms with Crippen molar-refractivity contribution in [3.8, 4) is 0 Å². The van der Waals surface area contributed by atoms with Crippen molar-refractivity contribution in [3.63, 3.8) is 0 Å². The predicted molar refractivity (Wildman–Crippen MR) is 65.8 cm³/mol. The topological polar surface area (TPSA) is 35.6 Å². The Bertz CT molecular complexity index is 243. The highest BCUT2D eigenvalue weighted by molar-refractivity contribution is 5.81. The number of carbonyl (C=O) groups excluding carboxylic acids is 1. The van der Waals surface area contributed by atoms with E-state index in [1.54, 1.807) is 5.01 Å². The molecule has 0 radical (unpaired) electrons. The van der Waals surface area contributed by atoms with Crippen molar-refractivity contribution in [2.24, 2.45) is 11.3 Å². The summed E-state index contributed by atoms with van der Waals surface area (Å²) in [5, 5.41) is 1.72. The lowest BCUT2D eigenvalue weighted by molar-refractivity contribution is -0.137. The number of rotatable bonds is 3. The molecule has 0 aromatic heterocycles. The lowest BCUT2D eigenvalue weighted by atomic mass is 9.73. The molecule has 94 valence electrons. The van der Waals surface area contributed by atoms with Crippen molar-refractivity contribution in [1.29, 1.82) is 0 Å². The first-order valence-corrected chi connectivity index (χ1v) is 6.01. The van der Waals surface area contributed by atoms with Crippen LogP contribution in [0.25, 0.3) is 0 Å². The Balaban J connectivity index is 2.58. The Morgan fingerprint density at radius 3 is 2.25 bits per heavy atom. The highest BCUT2D eigenvalue weighted by atomic mass is 16.2. The summed E-state index contributed by atoms with van der Waals surface area (Å²) in [4.78, 5) is 14.4. The maximum atomic E-state index is 12.1. The van der Waals surface area contributed by atoms with Crippen LogP contribution in [0.2, 0.25) is 0 Å². The molecule has 0 aromatic rings. The molecule has 1 heterocycles. The van der Waals surface area contributed by atoms with E-state index in [2.05, 4.69) is 31.2 Å². The van der Waals surface area contributed by atoms with Gasteiger partial charge in [-0.1, -0.05) is 13.8 Å². The minimum atomic E-state index is -0.272. The van der Waals surface area contributed by atoms with E-state index in [1.807, 2.05) is 14.1 Å². The van der Waals surface area contributed by atoms with Gasteiger partial charge in [0.15, 0.2) is 0 Å². The maximum absolute atomic E-state index is 12.1. The van der Waals surface area contributed by atoms with E-state index in [0.29, 0.717) is 5.92 Å². The van der Waals surface area contributed by atoms with Gasteiger partial charge in [0, 0.05) is 19.5 Å². The van der Waals surface area contributed by atoms with Gasteiger partial charge >= 0.3 is 0 Å². The minimum Gasteiger partial charge on any atom is -0.306 e. The largest absolute Gasteiger partial charge is 0.306 e. The van der Waals surface area contributed by atoms with Gasteiger partial charge in [-0.15, -0.1) is 0 Å². The molecule has 1 aliphatic heterocycles. The average molecular weight is 227 g/mol. The SMILES string of the molecule is CN1CCC(C(C)(C)C(=O)NN(C)C)CC1. The van der Waals surface area contributed by atoms with Crippen LogP contribution >= 0.6 is 0 Å². The van der Waals surface area contributed by atoms with E-state index in [0.717, 1.165) is 25.9 Å². The number of hydrazine groups is 1. The van der Waals surface area contributed by atoms with E-state index < -0.39 is 0 Å². The van der Waals surface area contributed by atoms with Crippen LogP contribution in [-0.2, 0) is 4.79 Å². The normalized spacial score (nSPS) is 20.1. The lowest BCUT2D eigenvalue weighted by Gasteiger charge is -2.39. The van der Waals surface area contributed by atoms with Crippen LogP contribution in [0.5, 0.6) is 0 Å². The second kappa shape index (κ2) is 5.15. The number of hydrogen-bond acceptors (Lipinski definition) is 3. The van der Waals surface area contributed by atoms with Gasteiger partial charge in [-0.3, -0.25) is 10.2 Å². The Morgan fingerprint density at radius 1 is 1.31 bits per heavy atom. The zero-order chi connectivity index (χ0) is 12.3. The second-order valence-corrected chi connectivity index (χ2v) is 5.63. The van der Waals surface area contributed by atoms with Gasteiger partial charge in [-0.25, -0.2) is 5.01 Å². The molecule has 0 atom stereocenters. The fraction of sp³-hybridized carbons (Fsp3) is 0.917. The van der Waals surface area contributed by atoms with E-state index >= 15 is 0 Å². The Hall–Kier alpha value is -0.610. The first kappa shape index (κ1) is 13.5. The molecule has 16 heavy (non-hydrogen) atoms. The third-order valence-electron chi connectivity index (χ3n) is 3.65. The van der Waals surface area contributed by atoms with Crippen molar-refractivity contribution < 1.29 is 4.79 Å². The monoisotopic (exact) mass is 227 g/mol. The fourth-order valence-electron chi connectivity index (χ4n) is 2.26. The molecule has 0 bridgehead atoms. The highest BCUT2D eigenvalue weighted by Crippen LogP contribution is 2.34. The quantitative estimate of drug-likeness (QED) is 0.729. The lowest BCUT2D eigenvalue weighted by Crippen LogP contribution is -2.49. The molecule has 0 unspecified atom stereocenters. The van der Waals surface area contributed by atoms with E-state index in [4.69, 9.17) is 0 Å². The fourth-order valence-corrected chi connectivity index (χ4v) is 2.26. The molecule has 1 saturated heterocycles. The van der Waals surface area contributed by atoms with Crippen LogP contribution in [-0.4, -0.2) is 50.0 Å². The number of carbonyl (C=O) groups is 1. The van der Waals surface area contributed by atoms with Crippen molar-refractivity contribution in [3.05, 3.63) is 0 Å². The van der Waals surface area contributed by atoms with Crippen LogP contribution in [0.3, 0.4) is 0 Å². The first-order chi connectivity index (χ1) is 7.34. The average Bonchev–Trinajstić information content (AvgIpc) is 2.17. The summed E-state index contributed by atoms with van der Waals surface area (Å²) in [5.74, 6) is 0.621. The Labute approximate surface area is 98.9 Å². The summed E-state index contributed by atoms with van der Waals surface area (Å²) >= 11 is 0. The molecule has 4 nitrogen and oxygen atoms in total. The van der Waals surface area contributed by atoms with Gasteiger partial charge in [-0.2, -0.15) is 0 Å². The molecule has 1 N–H and O–H groups in total. The van der Waals surface area contributed by atoms with Crippen molar-refractivity contribution in [2.45, 2.75) is 26.7 Å². The van der Waals surface area contributed by atoms with Crippen molar-refractivity contribution >= 4 is 5.91 Å². The van der Waals surface area contributed by atoms with Crippen LogP contribution < -0.4 is 5.43 Å². The molecule has 1 aliphatic rings. The zero-order valence-electron chi connectivity index (χ0n) is 11.2. The predicted octanol–water partition coefficient (Wildman–Crippen LogP) is 0.947. The summed E-state index contributed by atoms with van der Waals surface area (Å²) in [6, 6.07) is 0. The molecule has 1 fully saturated rings. The van der Waals surface area contributed by atoms with Gasteiger partial charge in [0.25, 0.3) is 0 Å². The van der Waals surface area contributed by atoms with Crippen LogP contribution in [0.4, 0.5) is 0 Å². The third-order valence-corrected chi connectivity index (χ3v) is 3.65. The summed E-state index contributed by atoms with van der Waals surface area (Å²) in [7, 11) is 5.84. The van der Waals surface area contributed by atoms with E-state index in [-0.39, 0.29) is 11.3 Å². The summed E-state index contributed by atoms with van der Waals surface area (Å²) in [5.41, 5.74) is 2.60. The van der Waals surface area contributed by atoms with Gasteiger partial charge in [0.2, 0.25) is 5.91 Å². The number of hydrogen-bond donors (Lipinski definition) is 1. The Morgan fingerprint density at radius 2 is 1.81 bits per heavy atom. The molecule has 0 spiro atoms. The number of amides is 1. The standard InChI is InChI=1S/C12H25N3O/c1-12(2,11(16)13-14(3)4)10-6-8-15(5)9-7-10/h10H,6-9H2,1-5H3,(H,13,16). The molecule has 0 aromatic carbocycles. The van der Waals surface area contributed by atoms with Crippen LogP contribution in [0.15, 0.2) is 0 Å². The molecule has 0 saturated carbocycles. The number of nitrogens with one attached hydrogen (secondary N) is 1. The van der Waals surface area contributed by atoms with Gasteiger partial charge in [-0.05, 0) is 38.9 Å². The van der Waals surface area contributed by atoms with Gasteiger partial charge in [0.1, 0.15) is 0 Å². The summed E-state index contributed by atoms with van der Waals surface area (Å²) in [6.07, 6.45) is 2.23. The summed E-state index contributed by atoms with van der Waals surface area (Å²) < 4.78 is 0. The minimum absolute atomic E-state index is 0.132. The third kappa shape index (κ3) is 3.19.